The number of ether oxygens (including phenoxy) is 2. The highest BCUT2D eigenvalue weighted by atomic mass is 31.1. The maximum Gasteiger partial charge on any atom is 0.142 e. The zero-order chi connectivity index (χ0) is 22.5. The summed E-state index contributed by atoms with van der Waals surface area (Å²) >= 11 is 0. The van der Waals surface area contributed by atoms with E-state index in [1.807, 2.05) is 7.11 Å². The van der Waals surface area contributed by atoms with Crippen molar-refractivity contribution in [3.8, 4) is 5.75 Å². The van der Waals surface area contributed by atoms with Crippen molar-refractivity contribution in [1.29, 1.82) is 0 Å². The number of para-hydroxylation sites is 1. The van der Waals surface area contributed by atoms with Crippen molar-refractivity contribution in [2.45, 2.75) is 18.9 Å². The molecule has 3 aromatic carbocycles. The predicted octanol–water partition coefficient (Wildman–Crippen LogP) is 3.75. The van der Waals surface area contributed by atoms with Crippen LogP contribution in [-0.4, -0.2) is 57.4 Å². The molecule has 0 N–H and O–H groups in total. The summed E-state index contributed by atoms with van der Waals surface area (Å²) in [5, 5.41) is 4.13. The van der Waals surface area contributed by atoms with Crippen molar-refractivity contribution < 1.29 is 9.47 Å². The van der Waals surface area contributed by atoms with E-state index < -0.39 is 7.92 Å². The molecule has 2 fully saturated rings. The fraction of sp³-hybridized carbons (Fsp3) is 0.357. The second-order valence-corrected chi connectivity index (χ2v) is 10.9. The van der Waals surface area contributed by atoms with Crippen molar-refractivity contribution >= 4 is 29.5 Å². The quantitative estimate of drug-likeness (QED) is 0.502. The van der Waals surface area contributed by atoms with Crippen LogP contribution in [0.3, 0.4) is 0 Å². The topological polar surface area (TPSA) is 24.9 Å². The van der Waals surface area contributed by atoms with Gasteiger partial charge in [-0.25, -0.2) is 0 Å². The van der Waals surface area contributed by atoms with Crippen molar-refractivity contribution in [2.24, 2.45) is 0 Å². The summed E-state index contributed by atoms with van der Waals surface area (Å²) in [6.07, 6.45) is 2.45. The van der Waals surface area contributed by atoms with Crippen LogP contribution in [0, 0.1) is 0 Å². The minimum absolute atomic E-state index is 0.501. The maximum absolute atomic E-state index is 5.99. The Hall–Kier alpha value is -2.39. The van der Waals surface area contributed by atoms with Gasteiger partial charge >= 0.3 is 0 Å². The molecule has 172 valence electrons. The molecule has 0 aromatic heterocycles. The van der Waals surface area contributed by atoms with Crippen LogP contribution in [0.25, 0.3) is 0 Å². The molecule has 0 aliphatic carbocycles. The Morgan fingerprint density at radius 1 is 0.848 bits per heavy atom. The highest BCUT2D eigenvalue weighted by molar-refractivity contribution is 7.80. The van der Waals surface area contributed by atoms with E-state index in [9.17, 15) is 0 Å². The average Bonchev–Trinajstić information content (AvgIpc) is 3.33. The third-order valence-corrected chi connectivity index (χ3v) is 9.18. The van der Waals surface area contributed by atoms with Gasteiger partial charge in [0.1, 0.15) is 5.75 Å². The second kappa shape index (κ2) is 10.7. The first-order chi connectivity index (χ1) is 16.3. The lowest BCUT2D eigenvalue weighted by Gasteiger charge is -2.36. The van der Waals surface area contributed by atoms with Crippen LogP contribution in [0.5, 0.6) is 5.75 Å². The summed E-state index contributed by atoms with van der Waals surface area (Å²) < 4.78 is 11.6. The highest BCUT2D eigenvalue weighted by Gasteiger charge is 2.33. The van der Waals surface area contributed by atoms with Gasteiger partial charge in [0, 0.05) is 37.5 Å². The van der Waals surface area contributed by atoms with E-state index in [0.717, 1.165) is 45.1 Å². The fourth-order valence-electron chi connectivity index (χ4n) is 5.13. The lowest BCUT2D eigenvalue weighted by Crippen LogP contribution is -2.46. The molecule has 0 spiro atoms. The van der Waals surface area contributed by atoms with Crippen LogP contribution < -0.4 is 25.6 Å². The summed E-state index contributed by atoms with van der Waals surface area (Å²) in [6.45, 7) is 5.93. The number of nitrogens with zero attached hydrogens (tertiary/aromatic N) is 2. The van der Waals surface area contributed by atoms with Gasteiger partial charge in [0.2, 0.25) is 0 Å². The van der Waals surface area contributed by atoms with Gasteiger partial charge < -0.3 is 14.4 Å². The van der Waals surface area contributed by atoms with Gasteiger partial charge in [-0.15, -0.1) is 0 Å². The summed E-state index contributed by atoms with van der Waals surface area (Å²) in [7, 11) is 1.11. The fourth-order valence-corrected chi connectivity index (χ4v) is 7.61. The Morgan fingerprint density at radius 2 is 1.52 bits per heavy atom. The lowest BCUT2D eigenvalue weighted by atomic mass is 10.1. The molecule has 0 radical (unpaired) electrons. The van der Waals surface area contributed by atoms with E-state index in [-0.39, 0.29) is 0 Å². The first-order valence-electron chi connectivity index (χ1n) is 12.0. The van der Waals surface area contributed by atoms with Crippen LogP contribution in [0.4, 0.5) is 5.69 Å². The zero-order valence-electron chi connectivity index (χ0n) is 19.4. The minimum atomic E-state index is -0.699. The molecule has 5 rings (SSSR count). The number of benzene rings is 3. The molecule has 1 atom stereocenters. The third-order valence-electron chi connectivity index (χ3n) is 6.70. The van der Waals surface area contributed by atoms with Gasteiger partial charge in [-0.3, -0.25) is 4.90 Å². The number of methoxy groups -OCH3 is 1. The Kier molecular flexibility index (Phi) is 7.26. The molecule has 2 aliphatic rings. The summed E-state index contributed by atoms with van der Waals surface area (Å²) in [5.41, 5.74) is 1.29. The van der Waals surface area contributed by atoms with Gasteiger partial charge in [-0.05, 0) is 37.4 Å². The molecule has 2 aliphatic heterocycles. The van der Waals surface area contributed by atoms with Crippen molar-refractivity contribution in [2.75, 3.05) is 51.4 Å². The first-order valence-corrected chi connectivity index (χ1v) is 13.3. The molecule has 5 heteroatoms. The summed E-state index contributed by atoms with van der Waals surface area (Å²) in [5.74, 6) is 0.987. The average molecular weight is 461 g/mol. The van der Waals surface area contributed by atoms with Gasteiger partial charge in [-0.2, -0.15) is 0 Å². The maximum atomic E-state index is 5.99. The van der Waals surface area contributed by atoms with E-state index >= 15 is 0 Å². The Morgan fingerprint density at radius 3 is 2.15 bits per heavy atom. The Labute approximate surface area is 198 Å². The number of hydrogen-bond acceptors (Lipinski definition) is 4. The first kappa shape index (κ1) is 22.4. The lowest BCUT2D eigenvalue weighted by molar-refractivity contribution is 0.0355. The van der Waals surface area contributed by atoms with Crippen molar-refractivity contribution in [1.82, 2.24) is 4.90 Å². The number of hydrogen-bond donors (Lipinski definition) is 0. The minimum Gasteiger partial charge on any atom is -0.495 e. The van der Waals surface area contributed by atoms with E-state index in [1.54, 1.807) is 0 Å². The van der Waals surface area contributed by atoms with E-state index in [1.165, 1.54) is 34.4 Å². The van der Waals surface area contributed by atoms with E-state index in [4.69, 9.17) is 9.47 Å². The smallest absolute Gasteiger partial charge is 0.142 e. The third kappa shape index (κ3) is 4.94. The normalized spacial score (nSPS) is 19.2. The van der Waals surface area contributed by atoms with Gasteiger partial charge in [0.15, 0.2) is 0 Å². The summed E-state index contributed by atoms with van der Waals surface area (Å²) in [4.78, 5) is 5.21. The molecule has 0 unspecified atom stereocenters. The Bertz CT molecular complexity index is 985. The van der Waals surface area contributed by atoms with Gasteiger partial charge in [0.05, 0.1) is 26.0 Å². The molecule has 4 nitrogen and oxygen atoms in total. The second-order valence-electron chi connectivity index (χ2n) is 8.74. The van der Waals surface area contributed by atoms with Crippen LogP contribution in [-0.2, 0) is 4.74 Å². The van der Waals surface area contributed by atoms with Crippen molar-refractivity contribution in [3.05, 3.63) is 78.9 Å². The molecule has 2 heterocycles. The molecule has 0 saturated carbocycles. The van der Waals surface area contributed by atoms with Crippen LogP contribution in [0.15, 0.2) is 78.9 Å². The van der Waals surface area contributed by atoms with Gasteiger partial charge in [-0.1, -0.05) is 72.8 Å². The van der Waals surface area contributed by atoms with E-state index in [2.05, 4.69) is 88.7 Å². The monoisotopic (exact) mass is 460 g/mol. The molecule has 3 aromatic rings. The van der Waals surface area contributed by atoms with Crippen molar-refractivity contribution in [3.63, 3.8) is 0 Å². The molecule has 33 heavy (non-hydrogen) atoms. The van der Waals surface area contributed by atoms with E-state index in [0.29, 0.717) is 6.04 Å². The molecule has 0 amide bonds. The SMILES string of the molecule is COc1cccc(P(c2ccccc2)c2ccccc2)c1N1CCC[C@H]1CN1CCOCC1. The number of rotatable bonds is 7. The number of anilines is 1. The predicted molar refractivity (Wildman–Crippen MR) is 139 cm³/mol. The summed E-state index contributed by atoms with van der Waals surface area (Å²) in [6, 6.07) is 29.1. The highest BCUT2D eigenvalue weighted by Crippen LogP contribution is 2.42. The van der Waals surface area contributed by atoms with Crippen LogP contribution in [0.1, 0.15) is 12.8 Å². The standard InChI is InChI=1S/C28H33N2O2P/c1-31-26-15-8-16-27(33(24-11-4-2-5-12-24)25-13-6-3-7-14-25)28(26)30-17-9-10-23(30)22-29-18-20-32-21-19-29/h2-8,11-16,23H,9-10,17-22H2,1H3/t23-/m0/s1. The largest absolute Gasteiger partial charge is 0.495 e. The Balaban J connectivity index is 1.58. The zero-order valence-corrected chi connectivity index (χ0v) is 20.3. The van der Waals surface area contributed by atoms with Crippen LogP contribution in [0.2, 0.25) is 0 Å². The van der Waals surface area contributed by atoms with Crippen LogP contribution >= 0.6 is 7.92 Å². The van der Waals surface area contributed by atoms with Gasteiger partial charge in [0.25, 0.3) is 0 Å². The molecular weight excluding hydrogens is 427 g/mol. The molecule has 0 bridgehead atoms. The number of morpholine rings is 1. The molecular formula is C28H33N2O2P. The molecule has 2 saturated heterocycles.